The molecule has 0 unspecified atom stereocenters. The topological polar surface area (TPSA) is 69.0 Å². The molecule has 166 valence electrons. The maximum absolute atomic E-state index is 12.2. The molecule has 1 aromatic carbocycles. The molecule has 7 heteroatoms. The molecule has 3 aromatic rings. The van der Waals surface area contributed by atoms with Gasteiger partial charge in [0.05, 0.1) is 31.0 Å². The number of nitrogens with zero attached hydrogens (tertiary/aromatic N) is 4. The summed E-state index contributed by atoms with van der Waals surface area (Å²) < 4.78 is 12.9. The number of hydrogen-bond acceptors (Lipinski definition) is 6. The number of pyridine rings is 1. The summed E-state index contributed by atoms with van der Waals surface area (Å²) in [4.78, 5) is 19.4. The van der Waals surface area contributed by atoms with Crippen molar-refractivity contribution in [2.75, 3.05) is 31.7 Å². The minimum Gasteiger partial charge on any atom is -0.469 e. The van der Waals surface area contributed by atoms with E-state index >= 15 is 0 Å². The fourth-order valence-corrected chi connectivity index (χ4v) is 5.92. The maximum Gasteiger partial charge on any atom is 0.314 e. The average Bonchev–Trinajstić information content (AvgIpc) is 3.55. The molecule has 3 aliphatic heterocycles. The Morgan fingerprint density at radius 2 is 2.00 bits per heavy atom. The van der Waals surface area contributed by atoms with Crippen molar-refractivity contribution in [1.29, 1.82) is 0 Å². The van der Waals surface area contributed by atoms with Gasteiger partial charge in [-0.2, -0.15) is 0 Å². The molecule has 7 rings (SSSR count). The number of aromatic nitrogens is 3. The van der Waals surface area contributed by atoms with Gasteiger partial charge in [-0.25, -0.2) is 9.50 Å². The summed E-state index contributed by atoms with van der Waals surface area (Å²) in [6.07, 6.45) is 4.38. The number of ether oxygens (including phenoxy) is 2. The second-order valence-corrected chi connectivity index (χ2v) is 10.1. The van der Waals surface area contributed by atoms with Gasteiger partial charge in [-0.1, -0.05) is 37.3 Å². The number of hydrogen-bond donors (Lipinski definition) is 0. The minimum absolute atomic E-state index is 0.136. The smallest absolute Gasteiger partial charge is 0.314 e. The molecular weight excluding hydrogens is 404 g/mol. The monoisotopic (exact) mass is 432 g/mol. The summed E-state index contributed by atoms with van der Waals surface area (Å²) in [5, 5.41) is 4.81. The van der Waals surface area contributed by atoms with E-state index in [2.05, 4.69) is 61.3 Å². The highest BCUT2D eigenvalue weighted by molar-refractivity contribution is 5.79. The van der Waals surface area contributed by atoms with Crippen LogP contribution in [0.1, 0.15) is 43.1 Å². The van der Waals surface area contributed by atoms with Crippen LogP contribution in [-0.2, 0) is 25.3 Å². The lowest BCUT2D eigenvalue weighted by Gasteiger charge is -2.40. The zero-order valence-electron chi connectivity index (χ0n) is 18.8. The van der Waals surface area contributed by atoms with E-state index in [9.17, 15) is 4.79 Å². The molecule has 2 aromatic heterocycles. The Kier molecular flexibility index (Phi) is 4.03. The molecule has 1 aliphatic carbocycles. The van der Waals surface area contributed by atoms with E-state index < -0.39 is 11.0 Å². The molecule has 0 N–H and O–H groups in total. The standard InChI is InChI=1S/C25H28N4O3/c1-17-11-19(28-10-9-23(2,15-28)18-7-5-4-6-8-18)12-29-20(17)26-21(27-29)25-13-24(14-25,16-32-25)22(30)31-3/h4-8,11-12H,9-10,13-16H2,1-3H3/t23-,24?,25?/m0/s1. The highest BCUT2D eigenvalue weighted by Crippen LogP contribution is 2.62. The largest absolute Gasteiger partial charge is 0.469 e. The fraction of sp³-hybridized carbons (Fsp3) is 0.480. The van der Waals surface area contributed by atoms with Crippen molar-refractivity contribution >= 4 is 17.3 Å². The van der Waals surface area contributed by atoms with Crippen LogP contribution in [0.25, 0.3) is 5.65 Å². The Morgan fingerprint density at radius 1 is 1.22 bits per heavy atom. The van der Waals surface area contributed by atoms with Crippen LogP contribution >= 0.6 is 0 Å². The Bertz CT molecular complexity index is 1210. The summed E-state index contributed by atoms with van der Waals surface area (Å²) in [6.45, 7) is 6.79. The lowest BCUT2D eigenvalue weighted by molar-refractivity contribution is -0.158. The third kappa shape index (κ3) is 2.67. The van der Waals surface area contributed by atoms with Gasteiger partial charge in [0.1, 0.15) is 5.60 Å². The summed E-state index contributed by atoms with van der Waals surface area (Å²) in [5.74, 6) is 0.480. The number of esters is 1. The van der Waals surface area contributed by atoms with Crippen LogP contribution in [0.4, 0.5) is 5.69 Å². The van der Waals surface area contributed by atoms with E-state index in [1.807, 2.05) is 4.52 Å². The van der Waals surface area contributed by atoms with Crippen molar-refractivity contribution in [3.8, 4) is 0 Å². The molecule has 1 saturated carbocycles. The molecule has 7 nitrogen and oxygen atoms in total. The Morgan fingerprint density at radius 3 is 2.75 bits per heavy atom. The molecular formula is C25H28N4O3. The predicted molar refractivity (Wildman–Crippen MR) is 120 cm³/mol. The molecule has 0 radical (unpaired) electrons. The lowest BCUT2D eigenvalue weighted by Crippen LogP contribution is -2.47. The van der Waals surface area contributed by atoms with Crippen LogP contribution in [0.5, 0.6) is 0 Å². The van der Waals surface area contributed by atoms with E-state index in [1.165, 1.54) is 12.7 Å². The first-order chi connectivity index (χ1) is 15.4. The van der Waals surface area contributed by atoms with Gasteiger partial charge in [0.25, 0.3) is 0 Å². The van der Waals surface area contributed by atoms with Gasteiger partial charge < -0.3 is 14.4 Å². The molecule has 5 heterocycles. The summed E-state index contributed by atoms with van der Waals surface area (Å²) >= 11 is 0. The number of benzene rings is 1. The SMILES string of the molecule is COC(=O)C12COC(c3nc4c(C)cc(N5CC[C@](C)(c6ccccc6)C5)cn4n3)(C1)C2. The second-order valence-electron chi connectivity index (χ2n) is 10.1. The molecule has 2 bridgehead atoms. The predicted octanol–water partition coefficient (Wildman–Crippen LogP) is 3.38. The van der Waals surface area contributed by atoms with Gasteiger partial charge in [0.2, 0.25) is 0 Å². The first kappa shape index (κ1) is 19.7. The van der Waals surface area contributed by atoms with Gasteiger partial charge in [-0.15, -0.1) is 5.10 Å². The number of anilines is 1. The first-order valence-electron chi connectivity index (χ1n) is 11.3. The van der Waals surface area contributed by atoms with Gasteiger partial charge in [0, 0.05) is 31.3 Å². The molecule has 32 heavy (non-hydrogen) atoms. The van der Waals surface area contributed by atoms with Gasteiger partial charge in [0.15, 0.2) is 11.5 Å². The number of fused-ring (bicyclic) bond motifs is 2. The van der Waals surface area contributed by atoms with E-state index in [1.54, 1.807) is 0 Å². The van der Waals surface area contributed by atoms with Crippen LogP contribution < -0.4 is 4.90 Å². The van der Waals surface area contributed by atoms with Crippen molar-refractivity contribution in [3.05, 3.63) is 59.5 Å². The normalized spacial score (nSPS) is 31.2. The highest BCUT2D eigenvalue weighted by atomic mass is 16.5. The molecule has 4 aliphatic rings. The molecule has 0 spiro atoms. The van der Waals surface area contributed by atoms with Crippen LogP contribution in [-0.4, -0.2) is 47.4 Å². The Balaban J connectivity index is 1.29. The fourth-order valence-electron chi connectivity index (χ4n) is 5.92. The number of carbonyl (C=O) groups is 1. The number of methoxy groups -OCH3 is 1. The van der Waals surface area contributed by atoms with Crippen LogP contribution in [0.3, 0.4) is 0 Å². The van der Waals surface area contributed by atoms with E-state index in [-0.39, 0.29) is 11.4 Å². The molecule has 0 amide bonds. The van der Waals surface area contributed by atoms with Crippen molar-refractivity contribution in [2.24, 2.45) is 5.41 Å². The molecule has 4 fully saturated rings. The van der Waals surface area contributed by atoms with Crippen LogP contribution in [0.15, 0.2) is 42.6 Å². The zero-order chi connectivity index (χ0) is 22.1. The van der Waals surface area contributed by atoms with Gasteiger partial charge in [-0.3, -0.25) is 4.79 Å². The second kappa shape index (κ2) is 6.54. The zero-order valence-corrected chi connectivity index (χ0v) is 18.8. The quantitative estimate of drug-likeness (QED) is 0.589. The van der Waals surface area contributed by atoms with Crippen molar-refractivity contribution in [2.45, 2.75) is 44.1 Å². The number of rotatable bonds is 4. The van der Waals surface area contributed by atoms with Gasteiger partial charge in [-0.05, 0) is 30.5 Å². The van der Waals surface area contributed by atoms with Gasteiger partial charge >= 0.3 is 5.97 Å². The summed E-state index contributed by atoms with van der Waals surface area (Å²) in [6, 6.07) is 13.0. The highest BCUT2D eigenvalue weighted by Gasteiger charge is 2.69. The van der Waals surface area contributed by atoms with E-state index in [0.29, 0.717) is 25.3 Å². The van der Waals surface area contributed by atoms with Crippen LogP contribution in [0, 0.1) is 12.3 Å². The van der Waals surface area contributed by atoms with E-state index in [0.717, 1.165) is 36.4 Å². The third-order valence-corrected chi connectivity index (χ3v) is 7.81. The van der Waals surface area contributed by atoms with Crippen molar-refractivity contribution < 1.29 is 14.3 Å². The maximum atomic E-state index is 12.2. The minimum atomic E-state index is -0.563. The summed E-state index contributed by atoms with van der Waals surface area (Å²) in [5.41, 5.74) is 3.53. The number of carbonyl (C=O) groups excluding carboxylic acids is 1. The van der Waals surface area contributed by atoms with E-state index in [4.69, 9.17) is 19.6 Å². The average molecular weight is 433 g/mol. The molecule has 3 saturated heterocycles. The van der Waals surface area contributed by atoms with Crippen molar-refractivity contribution in [1.82, 2.24) is 14.6 Å². The Labute approximate surface area is 187 Å². The van der Waals surface area contributed by atoms with Crippen LogP contribution in [0.2, 0.25) is 0 Å². The van der Waals surface area contributed by atoms with Crippen molar-refractivity contribution in [3.63, 3.8) is 0 Å². The molecule has 1 atom stereocenters. The summed E-state index contributed by atoms with van der Waals surface area (Å²) in [7, 11) is 1.44. The number of aryl methyl sites for hydroxylation is 1. The lowest BCUT2D eigenvalue weighted by atomic mass is 9.62. The third-order valence-electron chi connectivity index (χ3n) is 7.81. The first-order valence-corrected chi connectivity index (χ1v) is 11.3. The Hall–Kier alpha value is -2.93.